The number of aryl methyl sites for hydroxylation is 1. The maximum absolute atomic E-state index is 10.7. The minimum Gasteiger partial charge on any atom is -0.316 e. The highest BCUT2D eigenvalue weighted by Crippen LogP contribution is 2.12. The third-order valence-electron chi connectivity index (χ3n) is 1.71. The van der Waals surface area contributed by atoms with Crippen LogP contribution in [0.4, 0.5) is 5.82 Å². The van der Waals surface area contributed by atoms with E-state index in [0.29, 0.717) is 10.9 Å². The fraction of sp³-hybridized carbons (Fsp3) is 0.429. The molecule has 0 saturated heterocycles. The number of aromatic nitrogens is 2. The summed E-state index contributed by atoms with van der Waals surface area (Å²) in [6.07, 6.45) is 1.44. The molecule has 0 spiro atoms. The number of rotatable bonds is 1. The summed E-state index contributed by atoms with van der Waals surface area (Å²) in [6.45, 7) is 3.07. The molecule has 0 radical (unpaired) electrons. The van der Waals surface area contributed by atoms with Crippen molar-refractivity contribution in [1.82, 2.24) is 9.55 Å². The summed E-state index contributed by atoms with van der Waals surface area (Å²) in [5.74, 6) is 0.684. The first-order valence-corrected chi connectivity index (χ1v) is 3.52. The lowest BCUT2D eigenvalue weighted by molar-refractivity contribution is -0.121. The minimum atomic E-state index is -0.432. The Morgan fingerprint density at radius 3 is 2.67 bits per heavy atom. The molecule has 1 aromatic heterocycles. The van der Waals surface area contributed by atoms with E-state index < -0.39 is 5.91 Å². The van der Waals surface area contributed by atoms with Gasteiger partial charge >= 0.3 is 0 Å². The van der Waals surface area contributed by atoms with E-state index in [4.69, 9.17) is 0 Å². The van der Waals surface area contributed by atoms with Gasteiger partial charge in [0.2, 0.25) is 5.91 Å². The average Bonchev–Trinajstić information content (AvgIpc) is 2.32. The molecule has 1 rings (SSSR count). The number of carbonyl (C=O) groups is 1. The van der Waals surface area contributed by atoms with Gasteiger partial charge in [-0.1, -0.05) is 0 Å². The average molecular weight is 169 g/mol. The van der Waals surface area contributed by atoms with Crippen molar-refractivity contribution in [3.05, 3.63) is 12.0 Å². The molecule has 0 aliphatic heterocycles. The van der Waals surface area contributed by atoms with Gasteiger partial charge in [0.1, 0.15) is 5.82 Å². The van der Waals surface area contributed by atoms with E-state index in [1.807, 2.05) is 0 Å². The van der Waals surface area contributed by atoms with Gasteiger partial charge in [-0.2, -0.15) is 5.06 Å². The first kappa shape index (κ1) is 8.73. The largest absolute Gasteiger partial charge is 0.316 e. The normalized spacial score (nSPS) is 10.0. The molecule has 0 atom stereocenters. The van der Waals surface area contributed by atoms with Crippen LogP contribution in [0.25, 0.3) is 0 Å². The minimum absolute atomic E-state index is 0.375. The second kappa shape index (κ2) is 2.94. The van der Waals surface area contributed by atoms with Crippen LogP contribution in [-0.4, -0.2) is 20.7 Å². The highest BCUT2D eigenvalue weighted by molar-refractivity contribution is 5.87. The Morgan fingerprint density at radius 2 is 2.33 bits per heavy atom. The third-order valence-corrected chi connectivity index (χ3v) is 1.71. The van der Waals surface area contributed by atoms with E-state index in [-0.39, 0.29) is 0 Å². The molecule has 0 saturated carbocycles. The van der Waals surface area contributed by atoms with Crippen molar-refractivity contribution in [2.45, 2.75) is 13.8 Å². The standard InChI is InChI=1S/C7H11N3O2/c1-5-8-4-7(9(5)3)10(12)6(2)11/h4,12H,1-3H3. The Bertz CT molecular complexity index is 306. The van der Waals surface area contributed by atoms with E-state index >= 15 is 0 Å². The maximum atomic E-state index is 10.7. The van der Waals surface area contributed by atoms with E-state index in [9.17, 15) is 10.0 Å². The van der Waals surface area contributed by atoms with Crippen LogP contribution in [0.15, 0.2) is 6.20 Å². The number of hydrogen-bond acceptors (Lipinski definition) is 3. The molecule has 66 valence electrons. The monoisotopic (exact) mass is 169 g/mol. The molecule has 0 aliphatic rings. The van der Waals surface area contributed by atoms with Gasteiger partial charge < -0.3 is 4.57 Å². The number of hydroxylamine groups is 1. The molecule has 0 aliphatic carbocycles. The molecule has 1 N–H and O–H groups in total. The van der Waals surface area contributed by atoms with E-state index in [0.717, 1.165) is 5.82 Å². The van der Waals surface area contributed by atoms with Crippen LogP contribution in [0.1, 0.15) is 12.7 Å². The van der Waals surface area contributed by atoms with Gasteiger partial charge in [0.05, 0.1) is 6.20 Å². The van der Waals surface area contributed by atoms with Crippen molar-refractivity contribution in [2.24, 2.45) is 7.05 Å². The molecule has 1 heterocycles. The molecule has 1 aromatic rings. The molecule has 5 heteroatoms. The summed E-state index contributed by atoms with van der Waals surface area (Å²) in [6, 6.07) is 0. The third kappa shape index (κ3) is 1.31. The zero-order valence-electron chi connectivity index (χ0n) is 7.27. The van der Waals surface area contributed by atoms with Gasteiger partial charge in [-0.15, -0.1) is 0 Å². The Labute approximate surface area is 70.2 Å². The molecular weight excluding hydrogens is 158 g/mol. The molecule has 5 nitrogen and oxygen atoms in total. The molecule has 0 aromatic carbocycles. The second-order valence-corrected chi connectivity index (χ2v) is 2.55. The van der Waals surface area contributed by atoms with Gasteiger partial charge in [0.25, 0.3) is 0 Å². The predicted octanol–water partition coefficient (Wildman–Crippen LogP) is 0.471. The van der Waals surface area contributed by atoms with Crippen molar-refractivity contribution in [3.63, 3.8) is 0 Å². The summed E-state index contributed by atoms with van der Waals surface area (Å²) < 4.78 is 1.63. The van der Waals surface area contributed by atoms with Gasteiger partial charge in [-0.05, 0) is 6.92 Å². The molecule has 0 fully saturated rings. The zero-order chi connectivity index (χ0) is 9.30. The Balaban J connectivity index is 3.03. The summed E-state index contributed by atoms with van der Waals surface area (Å²) >= 11 is 0. The van der Waals surface area contributed by atoms with Crippen molar-refractivity contribution in [3.8, 4) is 0 Å². The van der Waals surface area contributed by atoms with Gasteiger partial charge in [0.15, 0.2) is 5.82 Å². The van der Waals surface area contributed by atoms with Gasteiger partial charge in [-0.25, -0.2) is 4.98 Å². The fourth-order valence-electron chi connectivity index (χ4n) is 0.848. The van der Waals surface area contributed by atoms with E-state index in [2.05, 4.69) is 4.98 Å². The fourth-order valence-corrected chi connectivity index (χ4v) is 0.848. The summed E-state index contributed by atoms with van der Waals surface area (Å²) in [5, 5.41) is 9.78. The molecule has 12 heavy (non-hydrogen) atoms. The smallest absolute Gasteiger partial charge is 0.249 e. The summed E-state index contributed by atoms with van der Waals surface area (Å²) in [4.78, 5) is 14.7. The Hall–Kier alpha value is -1.36. The number of amides is 1. The van der Waals surface area contributed by atoms with Crippen molar-refractivity contribution in [2.75, 3.05) is 5.06 Å². The van der Waals surface area contributed by atoms with Crippen LogP contribution in [0.2, 0.25) is 0 Å². The lowest BCUT2D eigenvalue weighted by Gasteiger charge is -2.12. The lowest BCUT2D eigenvalue weighted by atomic mass is 10.6. The first-order valence-electron chi connectivity index (χ1n) is 3.52. The van der Waals surface area contributed by atoms with Gasteiger partial charge in [0, 0.05) is 14.0 Å². The van der Waals surface area contributed by atoms with E-state index in [1.54, 1.807) is 18.5 Å². The van der Waals surface area contributed by atoms with Crippen LogP contribution in [0.3, 0.4) is 0 Å². The highest BCUT2D eigenvalue weighted by Gasteiger charge is 2.12. The predicted molar refractivity (Wildman–Crippen MR) is 42.9 cm³/mol. The Kier molecular flexibility index (Phi) is 2.14. The van der Waals surface area contributed by atoms with Gasteiger partial charge in [-0.3, -0.25) is 10.0 Å². The second-order valence-electron chi connectivity index (χ2n) is 2.55. The SMILES string of the molecule is CC(=O)N(O)c1cnc(C)n1C. The quantitative estimate of drug-likeness (QED) is 0.491. The molecule has 0 bridgehead atoms. The van der Waals surface area contributed by atoms with E-state index in [1.165, 1.54) is 13.1 Å². The number of imidazole rings is 1. The van der Waals surface area contributed by atoms with Crippen molar-refractivity contribution in [1.29, 1.82) is 0 Å². The summed E-state index contributed by atoms with van der Waals surface area (Å²) in [7, 11) is 1.73. The Morgan fingerprint density at radius 1 is 1.75 bits per heavy atom. The number of anilines is 1. The van der Waals surface area contributed by atoms with Crippen LogP contribution in [0, 0.1) is 6.92 Å². The van der Waals surface area contributed by atoms with Crippen LogP contribution in [0.5, 0.6) is 0 Å². The molecule has 1 amide bonds. The zero-order valence-corrected chi connectivity index (χ0v) is 7.27. The van der Waals surface area contributed by atoms with Crippen LogP contribution >= 0.6 is 0 Å². The van der Waals surface area contributed by atoms with Crippen LogP contribution in [-0.2, 0) is 11.8 Å². The topological polar surface area (TPSA) is 58.4 Å². The maximum Gasteiger partial charge on any atom is 0.249 e. The van der Waals surface area contributed by atoms with Crippen molar-refractivity contribution >= 4 is 11.7 Å². The lowest BCUT2D eigenvalue weighted by Crippen LogP contribution is -2.25. The number of carbonyl (C=O) groups excluding carboxylic acids is 1. The first-order chi connectivity index (χ1) is 5.54. The molecular formula is C7H11N3O2. The van der Waals surface area contributed by atoms with Crippen LogP contribution < -0.4 is 5.06 Å². The molecule has 0 unspecified atom stereocenters. The highest BCUT2D eigenvalue weighted by atomic mass is 16.5. The van der Waals surface area contributed by atoms with Crippen molar-refractivity contribution < 1.29 is 10.0 Å². The summed E-state index contributed by atoms with van der Waals surface area (Å²) in [5.41, 5.74) is 0. The number of nitrogens with zero attached hydrogens (tertiary/aromatic N) is 3. The number of hydrogen-bond donors (Lipinski definition) is 1.